The molecule has 0 aromatic rings. The molecule has 6 nitrogen and oxygen atoms in total. The summed E-state index contributed by atoms with van der Waals surface area (Å²) in [4.78, 5) is 24.4. The van der Waals surface area contributed by atoms with Crippen LogP contribution in [0.4, 0.5) is 0 Å². The molecule has 0 saturated heterocycles. The van der Waals surface area contributed by atoms with E-state index in [0.717, 1.165) is 0 Å². The van der Waals surface area contributed by atoms with E-state index in [4.69, 9.17) is 9.47 Å². The Morgan fingerprint density at radius 2 is 1.30 bits per heavy atom. The molecule has 0 aromatic carbocycles. The first kappa shape index (κ1) is 16.0. The van der Waals surface area contributed by atoms with E-state index in [1.807, 2.05) is 12.1 Å². The minimum atomic E-state index is -1.80. The van der Waals surface area contributed by atoms with Crippen LogP contribution in [-0.4, -0.2) is 25.2 Å². The van der Waals surface area contributed by atoms with Gasteiger partial charge in [0.05, 0.1) is 25.4 Å². The number of carbonyl (C=O) groups excluding carboxylic acids is 2. The van der Waals surface area contributed by atoms with Crippen molar-refractivity contribution in [2.24, 2.45) is 16.2 Å². The van der Waals surface area contributed by atoms with Gasteiger partial charge >= 0.3 is 11.9 Å². The lowest BCUT2D eigenvalue weighted by Gasteiger charge is -2.11. The van der Waals surface area contributed by atoms with E-state index in [-0.39, 0.29) is 13.2 Å². The predicted molar refractivity (Wildman–Crippen MR) is 67.8 cm³/mol. The van der Waals surface area contributed by atoms with Gasteiger partial charge in [-0.05, 0) is 20.3 Å². The van der Waals surface area contributed by atoms with Crippen LogP contribution in [0.25, 0.3) is 0 Å². The molecule has 0 aliphatic heterocycles. The zero-order valence-corrected chi connectivity index (χ0v) is 12.1. The van der Waals surface area contributed by atoms with Gasteiger partial charge < -0.3 is 9.47 Å². The van der Waals surface area contributed by atoms with Crippen molar-refractivity contribution in [2.45, 2.75) is 34.1 Å². The molecule has 20 heavy (non-hydrogen) atoms. The van der Waals surface area contributed by atoms with Crippen LogP contribution in [-0.2, 0) is 19.1 Å². The first-order chi connectivity index (χ1) is 9.39. The Bertz CT molecular complexity index is 474. The lowest BCUT2D eigenvalue weighted by atomic mass is 9.93. The first-order valence-corrected chi connectivity index (χ1v) is 6.57. The van der Waals surface area contributed by atoms with Gasteiger partial charge in [0.2, 0.25) is 0 Å². The molecule has 3 atom stereocenters. The summed E-state index contributed by atoms with van der Waals surface area (Å²) in [6, 6.07) is 3.72. The van der Waals surface area contributed by atoms with Gasteiger partial charge in [-0.2, -0.15) is 10.5 Å². The molecule has 0 N–H and O–H groups in total. The van der Waals surface area contributed by atoms with E-state index in [0.29, 0.717) is 6.42 Å². The Morgan fingerprint density at radius 1 is 0.950 bits per heavy atom. The molecule has 0 radical (unpaired) electrons. The molecule has 0 amide bonds. The number of esters is 2. The van der Waals surface area contributed by atoms with E-state index in [1.165, 1.54) is 0 Å². The quantitative estimate of drug-likeness (QED) is 0.707. The Morgan fingerprint density at radius 3 is 1.50 bits per heavy atom. The second kappa shape index (κ2) is 5.13. The van der Waals surface area contributed by atoms with Crippen LogP contribution in [0, 0.1) is 38.9 Å². The summed E-state index contributed by atoms with van der Waals surface area (Å²) in [5.74, 6) is -1.66. The summed E-state index contributed by atoms with van der Waals surface area (Å²) in [6.45, 7) is 6.66. The lowest BCUT2D eigenvalue weighted by molar-refractivity contribution is -0.155. The van der Waals surface area contributed by atoms with E-state index in [1.54, 1.807) is 27.7 Å². The normalized spacial score (nSPS) is 34.5. The molecule has 1 saturated carbocycles. The third-order valence-corrected chi connectivity index (χ3v) is 4.36. The molecule has 1 rings (SSSR count). The number of hydrogen-bond donors (Lipinski definition) is 0. The SMILES string of the molecule is CCOC(=O)[C@@]1(C#N)C(C)(CC)[C@@]1(C#N)C(=O)OCC. The summed E-state index contributed by atoms with van der Waals surface area (Å²) >= 11 is 0. The van der Waals surface area contributed by atoms with Crippen LogP contribution in [0.1, 0.15) is 34.1 Å². The van der Waals surface area contributed by atoms with Crippen LogP contribution >= 0.6 is 0 Å². The van der Waals surface area contributed by atoms with Crippen LogP contribution < -0.4 is 0 Å². The van der Waals surface area contributed by atoms with Gasteiger partial charge in [0.15, 0.2) is 10.8 Å². The van der Waals surface area contributed by atoms with Crippen molar-refractivity contribution < 1.29 is 19.1 Å². The maximum absolute atomic E-state index is 12.2. The monoisotopic (exact) mass is 278 g/mol. The molecule has 1 aliphatic rings. The minimum absolute atomic E-state index is 0.0758. The van der Waals surface area contributed by atoms with Crippen molar-refractivity contribution in [1.29, 1.82) is 10.5 Å². The fraction of sp³-hybridized carbons (Fsp3) is 0.714. The number of nitriles is 2. The Balaban J connectivity index is 3.45. The number of hydrogen-bond acceptors (Lipinski definition) is 6. The molecule has 108 valence electrons. The topological polar surface area (TPSA) is 100 Å². The zero-order valence-electron chi connectivity index (χ0n) is 12.1. The highest BCUT2D eigenvalue weighted by Gasteiger charge is 2.94. The zero-order chi connectivity index (χ0) is 15.6. The van der Waals surface area contributed by atoms with Gasteiger partial charge in [0.25, 0.3) is 0 Å². The molecular formula is C14H18N2O4. The fourth-order valence-electron chi connectivity index (χ4n) is 3.05. The highest BCUT2D eigenvalue weighted by molar-refractivity contribution is 6.02. The molecule has 0 heterocycles. The summed E-state index contributed by atoms with van der Waals surface area (Å²) in [5.41, 5.74) is -4.71. The van der Waals surface area contributed by atoms with Crippen molar-refractivity contribution in [3.8, 4) is 12.1 Å². The van der Waals surface area contributed by atoms with Gasteiger partial charge in [0.1, 0.15) is 0 Å². The summed E-state index contributed by atoms with van der Waals surface area (Å²) in [7, 11) is 0. The van der Waals surface area contributed by atoms with Crippen LogP contribution in [0.5, 0.6) is 0 Å². The van der Waals surface area contributed by atoms with Gasteiger partial charge in [-0.15, -0.1) is 0 Å². The highest BCUT2D eigenvalue weighted by atomic mass is 16.5. The van der Waals surface area contributed by atoms with E-state index >= 15 is 0 Å². The number of nitrogens with zero attached hydrogens (tertiary/aromatic N) is 2. The van der Waals surface area contributed by atoms with Gasteiger partial charge in [-0.3, -0.25) is 9.59 Å². The smallest absolute Gasteiger partial charge is 0.329 e. The Labute approximate surface area is 118 Å². The van der Waals surface area contributed by atoms with Crippen LogP contribution in [0.2, 0.25) is 0 Å². The maximum atomic E-state index is 12.2. The number of carbonyl (C=O) groups is 2. The highest BCUT2D eigenvalue weighted by Crippen LogP contribution is 2.80. The van der Waals surface area contributed by atoms with Crippen molar-refractivity contribution >= 4 is 11.9 Å². The summed E-state index contributed by atoms with van der Waals surface area (Å²) in [6.07, 6.45) is 0.311. The number of ether oxygens (including phenoxy) is 2. The van der Waals surface area contributed by atoms with Gasteiger partial charge in [-0.1, -0.05) is 13.8 Å². The van der Waals surface area contributed by atoms with Gasteiger partial charge in [0, 0.05) is 5.41 Å². The largest absolute Gasteiger partial charge is 0.465 e. The van der Waals surface area contributed by atoms with Crippen molar-refractivity contribution in [3.63, 3.8) is 0 Å². The molecule has 0 spiro atoms. The average molecular weight is 278 g/mol. The third-order valence-electron chi connectivity index (χ3n) is 4.36. The Kier molecular flexibility index (Phi) is 4.10. The fourth-order valence-corrected chi connectivity index (χ4v) is 3.05. The first-order valence-electron chi connectivity index (χ1n) is 6.57. The average Bonchev–Trinajstić information content (AvgIpc) is 2.95. The second-order valence-corrected chi connectivity index (χ2v) is 4.85. The summed E-state index contributed by atoms with van der Waals surface area (Å²) in [5, 5.41) is 19.0. The van der Waals surface area contributed by atoms with Crippen molar-refractivity contribution in [2.75, 3.05) is 13.2 Å². The molecule has 0 aromatic heterocycles. The maximum Gasteiger partial charge on any atom is 0.329 e. The van der Waals surface area contributed by atoms with E-state index in [2.05, 4.69) is 0 Å². The summed E-state index contributed by atoms with van der Waals surface area (Å²) < 4.78 is 9.84. The molecular weight excluding hydrogens is 260 g/mol. The van der Waals surface area contributed by atoms with Gasteiger partial charge in [-0.25, -0.2) is 0 Å². The number of rotatable bonds is 5. The lowest BCUT2D eigenvalue weighted by Crippen LogP contribution is -2.30. The van der Waals surface area contributed by atoms with Crippen molar-refractivity contribution in [3.05, 3.63) is 0 Å². The molecule has 1 fully saturated rings. The Hall–Kier alpha value is -2.08. The third kappa shape index (κ3) is 1.42. The molecule has 0 bridgehead atoms. The predicted octanol–water partition coefficient (Wildman–Crippen LogP) is 1.56. The van der Waals surface area contributed by atoms with E-state index < -0.39 is 28.2 Å². The molecule has 1 unspecified atom stereocenters. The minimum Gasteiger partial charge on any atom is -0.465 e. The van der Waals surface area contributed by atoms with E-state index in [9.17, 15) is 20.1 Å². The van der Waals surface area contributed by atoms with Crippen molar-refractivity contribution in [1.82, 2.24) is 0 Å². The molecule has 6 heteroatoms. The second-order valence-electron chi connectivity index (χ2n) is 4.85. The standard InChI is InChI=1S/C14H18N2O4/c1-5-12(4)13(8-15,10(17)19-6-2)14(12,9-16)11(18)20-7-3/h5-7H2,1-4H3/t12?,13-,14+. The van der Waals surface area contributed by atoms with Crippen LogP contribution in [0.15, 0.2) is 0 Å². The molecule has 1 aliphatic carbocycles. The van der Waals surface area contributed by atoms with Crippen LogP contribution in [0.3, 0.4) is 0 Å².